The van der Waals surface area contributed by atoms with Crippen LogP contribution in [0.5, 0.6) is 0 Å². The first-order chi connectivity index (χ1) is 9.09. The topological polar surface area (TPSA) is 57.6 Å². The molecule has 108 valence electrons. The molecule has 1 saturated heterocycles. The molecule has 1 aliphatic heterocycles. The van der Waals surface area contributed by atoms with Crippen molar-refractivity contribution in [1.29, 1.82) is 0 Å². The second-order valence-electron chi connectivity index (χ2n) is 6.12. The van der Waals surface area contributed by atoms with Crippen LogP contribution >= 0.6 is 0 Å². The van der Waals surface area contributed by atoms with Crippen LogP contribution in [0.15, 0.2) is 0 Å². The number of carboxylic acid groups (broad SMARTS) is 1. The molecule has 1 heterocycles. The Morgan fingerprint density at radius 1 is 1.11 bits per heavy atom. The van der Waals surface area contributed by atoms with Crippen LogP contribution in [0.2, 0.25) is 0 Å². The molecule has 2 rings (SSSR count). The minimum atomic E-state index is -0.766. The Kier molecular flexibility index (Phi) is 4.83. The highest BCUT2D eigenvalue weighted by Crippen LogP contribution is 2.29. The van der Waals surface area contributed by atoms with Crippen LogP contribution in [-0.4, -0.2) is 34.5 Å². The van der Waals surface area contributed by atoms with Gasteiger partial charge in [0.2, 0.25) is 5.91 Å². The molecule has 2 atom stereocenters. The number of rotatable bonds is 3. The molecule has 0 aromatic carbocycles. The number of hydrogen-bond acceptors (Lipinski definition) is 2. The Bertz CT molecular complexity index is 334. The van der Waals surface area contributed by atoms with Gasteiger partial charge in [-0.3, -0.25) is 9.59 Å². The van der Waals surface area contributed by atoms with Crippen LogP contribution in [-0.2, 0) is 9.59 Å². The van der Waals surface area contributed by atoms with E-state index in [0.717, 1.165) is 12.8 Å². The van der Waals surface area contributed by atoms with Crippen molar-refractivity contribution in [2.45, 2.75) is 64.3 Å². The predicted octanol–water partition coefficient (Wildman–Crippen LogP) is 2.67. The predicted molar refractivity (Wildman–Crippen MR) is 72.7 cm³/mol. The number of carboxylic acids is 1. The zero-order valence-corrected chi connectivity index (χ0v) is 11.8. The molecule has 1 aliphatic carbocycles. The molecule has 0 spiro atoms. The van der Waals surface area contributed by atoms with E-state index in [1.165, 1.54) is 25.7 Å². The Balaban J connectivity index is 1.87. The number of carbonyl (C=O) groups is 2. The zero-order chi connectivity index (χ0) is 13.8. The zero-order valence-electron chi connectivity index (χ0n) is 11.8. The van der Waals surface area contributed by atoms with Gasteiger partial charge in [-0.1, -0.05) is 25.7 Å². The average molecular weight is 267 g/mol. The summed E-state index contributed by atoms with van der Waals surface area (Å²) in [6, 6.07) is -0.143. The van der Waals surface area contributed by atoms with Gasteiger partial charge in [-0.05, 0) is 32.1 Å². The van der Waals surface area contributed by atoms with Crippen molar-refractivity contribution in [3.63, 3.8) is 0 Å². The third-order valence-electron chi connectivity index (χ3n) is 4.83. The average Bonchev–Trinajstić information content (AvgIpc) is 2.58. The second kappa shape index (κ2) is 6.40. The summed E-state index contributed by atoms with van der Waals surface area (Å²) >= 11 is 0. The van der Waals surface area contributed by atoms with Gasteiger partial charge in [0.1, 0.15) is 0 Å². The molecule has 0 bridgehead atoms. The number of aliphatic carboxylic acids is 1. The van der Waals surface area contributed by atoms with Crippen molar-refractivity contribution in [2.24, 2.45) is 11.8 Å². The summed E-state index contributed by atoms with van der Waals surface area (Å²) in [6.07, 6.45) is 8.63. The minimum absolute atomic E-state index is 0.143. The van der Waals surface area contributed by atoms with E-state index in [4.69, 9.17) is 5.11 Å². The molecular weight excluding hydrogens is 242 g/mol. The molecule has 0 aromatic heterocycles. The van der Waals surface area contributed by atoms with Gasteiger partial charge < -0.3 is 10.0 Å². The van der Waals surface area contributed by atoms with E-state index >= 15 is 0 Å². The molecule has 0 radical (unpaired) electrons. The SMILES string of the molecule is CC1C(C(=O)O)CCN1C(=O)CC1CCCCCC1. The highest BCUT2D eigenvalue weighted by molar-refractivity contribution is 5.79. The van der Waals surface area contributed by atoms with Crippen molar-refractivity contribution in [1.82, 2.24) is 4.90 Å². The van der Waals surface area contributed by atoms with Gasteiger partial charge in [-0.2, -0.15) is 0 Å². The van der Waals surface area contributed by atoms with Crippen LogP contribution in [0.3, 0.4) is 0 Å². The summed E-state index contributed by atoms with van der Waals surface area (Å²) in [4.78, 5) is 25.2. The van der Waals surface area contributed by atoms with Crippen LogP contribution < -0.4 is 0 Å². The van der Waals surface area contributed by atoms with E-state index in [-0.39, 0.29) is 17.9 Å². The fourth-order valence-electron chi connectivity index (χ4n) is 3.55. The standard InChI is InChI=1S/C15H25NO3/c1-11-13(15(18)19)8-9-16(11)14(17)10-12-6-4-2-3-5-7-12/h11-13H,2-10H2,1H3,(H,18,19). The van der Waals surface area contributed by atoms with Crippen molar-refractivity contribution >= 4 is 11.9 Å². The molecule has 2 aliphatic rings. The van der Waals surface area contributed by atoms with Crippen molar-refractivity contribution in [3.8, 4) is 0 Å². The molecule has 2 unspecified atom stereocenters. The van der Waals surface area contributed by atoms with E-state index in [9.17, 15) is 9.59 Å². The summed E-state index contributed by atoms with van der Waals surface area (Å²) in [5, 5.41) is 9.10. The minimum Gasteiger partial charge on any atom is -0.481 e. The molecule has 4 nitrogen and oxygen atoms in total. The largest absolute Gasteiger partial charge is 0.481 e. The molecule has 4 heteroatoms. The second-order valence-corrected chi connectivity index (χ2v) is 6.12. The lowest BCUT2D eigenvalue weighted by atomic mass is 9.95. The van der Waals surface area contributed by atoms with E-state index in [1.54, 1.807) is 4.90 Å². The van der Waals surface area contributed by atoms with Crippen LogP contribution in [0, 0.1) is 11.8 Å². The Morgan fingerprint density at radius 2 is 1.74 bits per heavy atom. The molecule has 1 N–H and O–H groups in total. The summed E-state index contributed by atoms with van der Waals surface area (Å²) in [6.45, 7) is 2.49. The lowest BCUT2D eigenvalue weighted by Gasteiger charge is -2.25. The first-order valence-corrected chi connectivity index (χ1v) is 7.62. The first kappa shape index (κ1) is 14.4. The quantitative estimate of drug-likeness (QED) is 0.800. The highest BCUT2D eigenvalue weighted by atomic mass is 16.4. The van der Waals surface area contributed by atoms with Crippen molar-refractivity contribution < 1.29 is 14.7 Å². The molecule has 2 fully saturated rings. The maximum absolute atomic E-state index is 12.3. The number of amides is 1. The monoisotopic (exact) mass is 267 g/mol. The molecule has 1 saturated carbocycles. The Morgan fingerprint density at radius 3 is 2.26 bits per heavy atom. The molecule has 0 aromatic rings. The molecule has 19 heavy (non-hydrogen) atoms. The third kappa shape index (κ3) is 3.48. The smallest absolute Gasteiger partial charge is 0.308 e. The third-order valence-corrected chi connectivity index (χ3v) is 4.83. The number of carbonyl (C=O) groups excluding carboxylic acids is 1. The van der Waals surface area contributed by atoms with Gasteiger partial charge in [0, 0.05) is 19.0 Å². The fourth-order valence-corrected chi connectivity index (χ4v) is 3.55. The number of nitrogens with zero attached hydrogens (tertiary/aromatic N) is 1. The van der Waals surface area contributed by atoms with Crippen LogP contribution in [0.4, 0.5) is 0 Å². The Labute approximate surface area is 115 Å². The summed E-state index contributed by atoms with van der Waals surface area (Å²) in [7, 11) is 0. The first-order valence-electron chi connectivity index (χ1n) is 7.62. The summed E-state index contributed by atoms with van der Waals surface area (Å²) < 4.78 is 0. The van der Waals surface area contributed by atoms with E-state index in [0.29, 0.717) is 25.3 Å². The normalized spacial score (nSPS) is 29.2. The van der Waals surface area contributed by atoms with E-state index < -0.39 is 5.97 Å². The Hall–Kier alpha value is -1.06. The molecular formula is C15H25NO3. The summed E-state index contributed by atoms with van der Waals surface area (Å²) in [5.41, 5.74) is 0. The van der Waals surface area contributed by atoms with Crippen molar-refractivity contribution in [2.75, 3.05) is 6.54 Å². The van der Waals surface area contributed by atoms with Crippen molar-refractivity contribution in [3.05, 3.63) is 0 Å². The van der Waals surface area contributed by atoms with E-state index in [2.05, 4.69) is 0 Å². The molecule has 1 amide bonds. The van der Waals surface area contributed by atoms with Crippen LogP contribution in [0.25, 0.3) is 0 Å². The number of likely N-dealkylation sites (tertiary alicyclic amines) is 1. The maximum atomic E-state index is 12.3. The van der Waals surface area contributed by atoms with Gasteiger partial charge in [-0.15, -0.1) is 0 Å². The van der Waals surface area contributed by atoms with Gasteiger partial charge in [0.15, 0.2) is 0 Å². The van der Waals surface area contributed by atoms with E-state index in [1.807, 2.05) is 6.92 Å². The number of hydrogen-bond donors (Lipinski definition) is 1. The van der Waals surface area contributed by atoms with Gasteiger partial charge >= 0.3 is 5.97 Å². The maximum Gasteiger partial charge on any atom is 0.308 e. The fraction of sp³-hybridized carbons (Fsp3) is 0.867. The summed E-state index contributed by atoms with van der Waals surface area (Å²) in [5.74, 6) is -0.454. The lowest BCUT2D eigenvalue weighted by Crippen LogP contribution is -2.38. The highest BCUT2D eigenvalue weighted by Gasteiger charge is 2.38. The lowest BCUT2D eigenvalue weighted by molar-refractivity contribution is -0.143. The van der Waals surface area contributed by atoms with Gasteiger partial charge in [0.05, 0.1) is 5.92 Å². The van der Waals surface area contributed by atoms with Crippen LogP contribution in [0.1, 0.15) is 58.3 Å². The van der Waals surface area contributed by atoms with Gasteiger partial charge in [-0.25, -0.2) is 0 Å². The van der Waals surface area contributed by atoms with Gasteiger partial charge in [0.25, 0.3) is 0 Å².